The largest absolute Gasteiger partial charge is 0.484 e. The third-order valence-corrected chi connectivity index (χ3v) is 4.03. The van der Waals surface area contributed by atoms with E-state index in [1.165, 1.54) is 6.42 Å². The van der Waals surface area contributed by atoms with E-state index in [-0.39, 0.29) is 0 Å². The quantitative estimate of drug-likeness (QED) is 0.943. The summed E-state index contributed by atoms with van der Waals surface area (Å²) in [6.07, 6.45) is 2.77. The molecule has 1 aromatic heterocycles. The van der Waals surface area contributed by atoms with E-state index in [4.69, 9.17) is 16.3 Å². The molecule has 1 aromatic carbocycles. The first-order chi connectivity index (χ1) is 10.1. The summed E-state index contributed by atoms with van der Waals surface area (Å²) in [5.74, 6) is 2.46. The van der Waals surface area contributed by atoms with Crippen LogP contribution in [0, 0.1) is 0 Å². The van der Waals surface area contributed by atoms with Crippen LogP contribution in [-0.4, -0.2) is 19.9 Å². The maximum Gasteiger partial charge on any atom is 0.171 e. The van der Waals surface area contributed by atoms with Crippen LogP contribution in [-0.2, 0) is 19.6 Å². The van der Waals surface area contributed by atoms with Crippen LogP contribution in [0.1, 0.15) is 43.1 Å². The normalized spacial score (nSPS) is 15.6. The third-order valence-electron chi connectivity index (χ3n) is 3.73. The molecule has 112 valence electrons. The molecular weight excluding hydrogens is 290 g/mol. The van der Waals surface area contributed by atoms with Crippen LogP contribution in [0.5, 0.6) is 5.75 Å². The van der Waals surface area contributed by atoms with Gasteiger partial charge in [-0.2, -0.15) is 0 Å². The molecule has 2 heterocycles. The van der Waals surface area contributed by atoms with Gasteiger partial charge in [-0.25, -0.2) is 0 Å². The Kier molecular flexibility index (Phi) is 4.12. The summed E-state index contributed by atoms with van der Waals surface area (Å²) < 4.78 is 7.87. The average molecular weight is 308 g/mol. The first-order valence-corrected chi connectivity index (χ1v) is 7.54. The summed E-state index contributed by atoms with van der Waals surface area (Å²) in [7, 11) is 0. The second-order valence-corrected chi connectivity index (χ2v) is 5.70. The number of aryl methyl sites for hydroxylation is 1. The summed E-state index contributed by atoms with van der Waals surface area (Å²) in [6.45, 7) is 3.01. The van der Waals surface area contributed by atoms with Crippen LogP contribution < -0.4 is 4.74 Å². The second kappa shape index (κ2) is 6.03. The SMILES string of the molecule is C[C@H](O)c1ccc(OCc2nnc3n2CCCC3)c(Cl)c1. The predicted octanol–water partition coefficient (Wildman–Crippen LogP) is 2.90. The van der Waals surface area contributed by atoms with Crippen LogP contribution in [0.15, 0.2) is 18.2 Å². The van der Waals surface area contributed by atoms with Crippen LogP contribution in [0.25, 0.3) is 0 Å². The van der Waals surface area contributed by atoms with E-state index in [9.17, 15) is 5.11 Å². The van der Waals surface area contributed by atoms with Crippen molar-refractivity contribution in [2.24, 2.45) is 0 Å². The Morgan fingerprint density at radius 1 is 1.38 bits per heavy atom. The van der Waals surface area contributed by atoms with Gasteiger partial charge in [0.05, 0.1) is 11.1 Å². The molecule has 0 radical (unpaired) electrons. The Bertz CT molecular complexity index is 640. The van der Waals surface area contributed by atoms with Crippen molar-refractivity contribution in [2.45, 2.75) is 45.4 Å². The molecule has 1 aliphatic heterocycles. The molecule has 0 amide bonds. The molecule has 1 atom stereocenters. The minimum atomic E-state index is -0.542. The molecule has 0 unspecified atom stereocenters. The maximum absolute atomic E-state index is 9.53. The van der Waals surface area contributed by atoms with Gasteiger partial charge in [0.1, 0.15) is 18.2 Å². The lowest BCUT2D eigenvalue weighted by Crippen LogP contribution is -2.14. The molecule has 0 bridgehead atoms. The van der Waals surface area contributed by atoms with Gasteiger partial charge in [-0.3, -0.25) is 0 Å². The van der Waals surface area contributed by atoms with Crippen molar-refractivity contribution in [3.05, 3.63) is 40.4 Å². The van der Waals surface area contributed by atoms with Crippen molar-refractivity contribution in [1.82, 2.24) is 14.8 Å². The van der Waals surface area contributed by atoms with E-state index >= 15 is 0 Å². The molecule has 0 fully saturated rings. The third kappa shape index (κ3) is 3.04. The zero-order chi connectivity index (χ0) is 14.8. The van der Waals surface area contributed by atoms with Crippen molar-refractivity contribution in [3.63, 3.8) is 0 Å². The van der Waals surface area contributed by atoms with Gasteiger partial charge in [-0.05, 0) is 37.5 Å². The van der Waals surface area contributed by atoms with Crippen LogP contribution in [0.3, 0.4) is 0 Å². The van der Waals surface area contributed by atoms with Crippen molar-refractivity contribution >= 4 is 11.6 Å². The predicted molar refractivity (Wildman–Crippen MR) is 79.4 cm³/mol. The van der Waals surface area contributed by atoms with Crippen molar-refractivity contribution in [2.75, 3.05) is 0 Å². The van der Waals surface area contributed by atoms with Gasteiger partial charge < -0.3 is 14.4 Å². The Balaban J connectivity index is 1.72. The summed E-state index contributed by atoms with van der Waals surface area (Å²) in [6, 6.07) is 5.31. The number of nitrogens with zero attached hydrogens (tertiary/aromatic N) is 3. The molecule has 6 heteroatoms. The summed E-state index contributed by atoms with van der Waals surface area (Å²) in [5.41, 5.74) is 0.771. The number of hydrogen-bond acceptors (Lipinski definition) is 4. The molecule has 5 nitrogen and oxygen atoms in total. The summed E-state index contributed by atoms with van der Waals surface area (Å²) in [5, 5.41) is 18.4. The Morgan fingerprint density at radius 3 is 3.00 bits per heavy atom. The van der Waals surface area contributed by atoms with E-state index in [1.54, 1.807) is 19.1 Å². The first kappa shape index (κ1) is 14.4. The number of aliphatic hydroxyl groups is 1. The van der Waals surface area contributed by atoms with Gasteiger partial charge in [0, 0.05) is 13.0 Å². The Morgan fingerprint density at radius 2 is 2.24 bits per heavy atom. The zero-order valence-electron chi connectivity index (χ0n) is 11.9. The fourth-order valence-electron chi connectivity index (χ4n) is 2.51. The lowest BCUT2D eigenvalue weighted by Gasteiger charge is -2.15. The number of fused-ring (bicyclic) bond motifs is 1. The molecule has 0 spiro atoms. The Labute approximate surface area is 128 Å². The monoisotopic (exact) mass is 307 g/mol. The fraction of sp³-hybridized carbons (Fsp3) is 0.467. The molecule has 21 heavy (non-hydrogen) atoms. The standard InChI is InChI=1S/C15H18ClN3O2/c1-10(20)11-5-6-13(12(16)8-11)21-9-15-18-17-14-4-2-3-7-19(14)15/h5-6,8,10,20H,2-4,7,9H2,1H3/t10-/m0/s1. The van der Waals surface area contributed by atoms with Crippen molar-refractivity contribution < 1.29 is 9.84 Å². The first-order valence-electron chi connectivity index (χ1n) is 7.16. The molecule has 0 saturated heterocycles. The van der Waals surface area contributed by atoms with Gasteiger partial charge >= 0.3 is 0 Å². The van der Waals surface area contributed by atoms with Crippen LogP contribution in [0.2, 0.25) is 5.02 Å². The van der Waals surface area contributed by atoms with E-state index in [1.807, 2.05) is 6.07 Å². The summed E-state index contributed by atoms with van der Waals surface area (Å²) in [4.78, 5) is 0. The second-order valence-electron chi connectivity index (χ2n) is 5.30. The molecule has 1 aliphatic rings. The molecule has 0 aliphatic carbocycles. The average Bonchev–Trinajstić information content (AvgIpc) is 2.89. The molecule has 2 aromatic rings. The highest BCUT2D eigenvalue weighted by Crippen LogP contribution is 2.28. The van der Waals surface area contributed by atoms with E-state index in [0.29, 0.717) is 17.4 Å². The number of hydrogen-bond donors (Lipinski definition) is 1. The lowest BCUT2D eigenvalue weighted by atomic mass is 10.1. The number of aliphatic hydroxyl groups excluding tert-OH is 1. The number of rotatable bonds is 4. The molecule has 3 rings (SSSR count). The number of aromatic nitrogens is 3. The van der Waals surface area contributed by atoms with Gasteiger partial charge in [-0.15, -0.1) is 10.2 Å². The highest BCUT2D eigenvalue weighted by Gasteiger charge is 2.16. The van der Waals surface area contributed by atoms with Crippen LogP contribution >= 0.6 is 11.6 Å². The van der Waals surface area contributed by atoms with Crippen molar-refractivity contribution in [3.8, 4) is 5.75 Å². The Hall–Kier alpha value is -1.59. The smallest absolute Gasteiger partial charge is 0.171 e. The molecule has 0 saturated carbocycles. The minimum Gasteiger partial charge on any atom is -0.484 e. The van der Waals surface area contributed by atoms with E-state index in [0.717, 1.165) is 36.6 Å². The minimum absolute atomic E-state index is 0.348. The fourth-order valence-corrected chi connectivity index (χ4v) is 2.76. The van der Waals surface area contributed by atoms with E-state index in [2.05, 4.69) is 14.8 Å². The van der Waals surface area contributed by atoms with Gasteiger partial charge in [-0.1, -0.05) is 17.7 Å². The van der Waals surface area contributed by atoms with Gasteiger partial charge in [0.25, 0.3) is 0 Å². The number of ether oxygens (including phenoxy) is 1. The summed E-state index contributed by atoms with van der Waals surface area (Å²) >= 11 is 6.18. The van der Waals surface area contributed by atoms with Crippen molar-refractivity contribution in [1.29, 1.82) is 0 Å². The van der Waals surface area contributed by atoms with Gasteiger partial charge in [0.15, 0.2) is 5.82 Å². The van der Waals surface area contributed by atoms with Gasteiger partial charge in [0.2, 0.25) is 0 Å². The highest BCUT2D eigenvalue weighted by atomic mass is 35.5. The lowest BCUT2D eigenvalue weighted by molar-refractivity contribution is 0.199. The highest BCUT2D eigenvalue weighted by molar-refractivity contribution is 6.32. The zero-order valence-corrected chi connectivity index (χ0v) is 12.7. The van der Waals surface area contributed by atoms with E-state index < -0.39 is 6.10 Å². The molecular formula is C15H18ClN3O2. The topological polar surface area (TPSA) is 60.2 Å². The van der Waals surface area contributed by atoms with Crippen LogP contribution in [0.4, 0.5) is 0 Å². The maximum atomic E-state index is 9.53. The number of benzene rings is 1. The molecule has 1 N–H and O–H groups in total. The number of halogens is 1.